The summed E-state index contributed by atoms with van der Waals surface area (Å²) in [4.78, 5) is 3.84. The van der Waals surface area contributed by atoms with Gasteiger partial charge in [-0.1, -0.05) is 0 Å². The summed E-state index contributed by atoms with van der Waals surface area (Å²) in [7, 11) is -1.95. The van der Waals surface area contributed by atoms with E-state index in [2.05, 4.69) is 9.71 Å². The third-order valence-corrected chi connectivity index (χ3v) is 4.06. The average molecular weight is 280 g/mol. The lowest BCUT2D eigenvalue weighted by molar-refractivity contribution is 0.598. The first-order chi connectivity index (χ1) is 8.79. The molecule has 102 valence electrons. The normalized spacial score (nSPS) is 11.5. The second-order valence-corrected chi connectivity index (χ2v) is 6.14. The van der Waals surface area contributed by atoms with E-state index in [0.29, 0.717) is 11.4 Å². The molecule has 2 rings (SSSR count). The molecule has 1 heterocycles. The number of rotatable bonds is 3. The van der Waals surface area contributed by atoms with Crippen molar-refractivity contribution in [3.05, 3.63) is 35.8 Å². The molecule has 6 nitrogen and oxygen atoms in total. The highest BCUT2D eigenvalue weighted by molar-refractivity contribution is 7.92. The Labute approximate surface area is 112 Å². The highest BCUT2D eigenvalue weighted by atomic mass is 32.2. The number of nitrogens with one attached hydrogen (secondary N) is 1. The van der Waals surface area contributed by atoms with Crippen LogP contribution in [0.15, 0.2) is 29.7 Å². The number of imidazole rings is 1. The number of sulfonamides is 1. The predicted octanol–water partition coefficient (Wildman–Crippen LogP) is 1.42. The number of hydrogen-bond acceptors (Lipinski definition) is 4. The van der Waals surface area contributed by atoms with Gasteiger partial charge in [0.15, 0.2) is 5.03 Å². The summed E-state index contributed by atoms with van der Waals surface area (Å²) in [5, 5.41) is -0.0103. The smallest absolute Gasteiger partial charge is 0.280 e. The Bertz CT molecular complexity index is 719. The molecule has 2 aromatic rings. The maximum absolute atomic E-state index is 12.1. The summed E-state index contributed by atoms with van der Waals surface area (Å²) in [6, 6.07) is 3.46. The van der Waals surface area contributed by atoms with Crippen LogP contribution >= 0.6 is 0 Å². The lowest BCUT2D eigenvalue weighted by Crippen LogP contribution is -2.14. The molecule has 0 aliphatic heterocycles. The van der Waals surface area contributed by atoms with Gasteiger partial charge in [0, 0.05) is 18.9 Å². The molecular formula is C12H16N4O2S. The van der Waals surface area contributed by atoms with Crippen molar-refractivity contribution in [1.29, 1.82) is 0 Å². The highest BCUT2D eigenvalue weighted by Crippen LogP contribution is 2.24. The number of benzene rings is 1. The number of nitrogens with zero attached hydrogens (tertiary/aromatic N) is 2. The molecular weight excluding hydrogens is 264 g/mol. The summed E-state index contributed by atoms with van der Waals surface area (Å²) in [5.41, 5.74) is 8.51. The van der Waals surface area contributed by atoms with E-state index in [1.807, 2.05) is 6.92 Å². The molecule has 0 spiro atoms. The number of anilines is 2. The molecule has 0 saturated heterocycles. The average Bonchev–Trinajstić information content (AvgIpc) is 2.73. The van der Waals surface area contributed by atoms with E-state index in [-0.39, 0.29) is 5.03 Å². The first kappa shape index (κ1) is 13.4. The van der Waals surface area contributed by atoms with Crippen LogP contribution in [0.2, 0.25) is 0 Å². The monoisotopic (exact) mass is 280 g/mol. The van der Waals surface area contributed by atoms with Crippen molar-refractivity contribution in [2.45, 2.75) is 18.9 Å². The Morgan fingerprint density at radius 2 is 1.95 bits per heavy atom. The lowest BCUT2D eigenvalue weighted by Gasteiger charge is -2.11. The van der Waals surface area contributed by atoms with Crippen LogP contribution in [0, 0.1) is 13.8 Å². The van der Waals surface area contributed by atoms with Crippen molar-refractivity contribution in [3.63, 3.8) is 0 Å². The molecule has 0 unspecified atom stereocenters. The van der Waals surface area contributed by atoms with Crippen molar-refractivity contribution in [2.75, 3.05) is 10.5 Å². The fraction of sp³-hybridized carbons (Fsp3) is 0.250. The predicted molar refractivity (Wildman–Crippen MR) is 74.3 cm³/mol. The van der Waals surface area contributed by atoms with E-state index < -0.39 is 10.0 Å². The SMILES string of the molecule is Cc1cc(NS(=O)(=O)c2cn(C)cn2)c(C)cc1N. The quantitative estimate of drug-likeness (QED) is 0.832. The minimum Gasteiger partial charge on any atom is -0.399 e. The number of aryl methyl sites for hydroxylation is 3. The topological polar surface area (TPSA) is 90.0 Å². The molecule has 3 N–H and O–H groups in total. The Morgan fingerprint density at radius 1 is 1.26 bits per heavy atom. The van der Waals surface area contributed by atoms with Crippen LogP contribution in [0.3, 0.4) is 0 Å². The van der Waals surface area contributed by atoms with E-state index in [4.69, 9.17) is 5.73 Å². The van der Waals surface area contributed by atoms with Gasteiger partial charge in [0.2, 0.25) is 0 Å². The van der Waals surface area contributed by atoms with Crippen LogP contribution < -0.4 is 10.5 Å². The van der Waals surface area contributed by atoms with Gasteiger partial charge in [0.1, 0.15) is 0 Å². The molecule has 0 aliphatic rings. The van der Waals surface area contributed by atoms with Crippen LogP contribution in [0.4, 0.5) is 11.4 Å². The second-order valence-electron chi connectivity index (χ2n) is 4.51. The van der Waals surface area contributed by atoms with Crippen LogP contribution in [0.25, 0.3) is 0 Å². The van der Waals surface area contributed by atoms with Crippen LogP contribution in [0.5, 0.6) is 0 Å². The van der Waals surface area contributed by atoms with E-state index in [1.54, 1.807) is 30.7 Å². The summed E-state index contributed by atoms with van der Waals surface area (Å²) in [6.07, 6.45) is 2.89. The summed E-state index contributed by atoms with van der Waals surface area (Å²) in [6.45, 7) is 3.62. The molecule has 7 heteroatoms. The minimum atomic E-state index is -3.67. The lowest BCUT2D eigenvalue weighted by atomic mass is 10.1. The summed E-state index contributed by atoms with van der Waals surface area (Å²) < 4.78 is 28.4. The first-order valence-electron chi connectivity index (χ1n) is 5.67. The van der Waals surface area contributed by atoms with E-state index >= 15 is 0 Å². The van der Waals surface area contributed by atoms with Gasteiger partial charge in [-0.25, -0.2) is 4.98 Å². The van der Waals surface area contributed by atoms with Crippen molar-refractivity contribution >= 4 is 21.4 Å². The van der Waals surface area contributed by atoms with Gasteiger partial charge in [-0.05, 0) is 37.1 Å². The molecule has 0 atom stereocenters. The van der Waals surface area contributed by atoms with Crippen molar-refractivity contribution in [1.82, 2.24) is 9.55 Å². The van der Waals surface area contributed by atoms with Crippen LogP contribution in [-0.2, 0) is 17.1 Å². The third kappa shape index (κ3) is 2.70. The minimum absolute atomic E-state index is 0.0103. The molecule has 0 bridgehead atoms. The fourth-order valence-corrected chi connectivity index (χ4v) is 2.78. The zero-order valence-electron chi connectivity index (χ0n) is 11.0. The molecule has 0 fully saturated rings. The number of aromatic nitrogens is 2. The van der Waals surface area contributed by atoms with E-state index in [1.165, 1.54) is 12.5 Å². The molecule has 0 saturated carbocycles. The van der Waals surface area contributed by atoms with Gasteiger partial charge in [0.25, 0.3) is 10.0 Å². The van der Waals surface area contributed by atoms with Gasteiger partial charge in [-0.3, -0.25) is 4.72 Å². The molecule has 0 amide bonds. The fourth-order valence-electron chi connectivity index (χ4n) is 1.67. The Kier molecular flexibility index (Phi) is 3.23. The Hall–Kier alpha value is -2.02. The molecule has 1 aromatic carbocycles. The number of nitrogen functional groups attached to an aromatic ring is 1. The van der Waals surface area contributed by atoms with Gasteiger partial charge >= 0.3 is 0 Å². The molecule has 0 radical (unpaired) electrons. The zero-order valence-corrected chi connectivity index (χ0v) is 11.8. The Balaban J connectivity index is 2.38. The van der Waals surface area contributed by atoms with E-state index in [9.17, 15) is 8.42 Å². The van der Waals surface area contributed by atoms with Gasteiger partial charge in [0.05, 0.1) is 12.0 Å². The molecule has 19 heavy (non-hydrogen) atoms. The first-order valence-corrected chi connectivity index (χ1v) is 7.15. The molecule has 1 aromatic heterocycles. The van der Waals surface area contributed by atoms with Crippen molar-refractivity contribution < 1.29 is 8.42 Å². The van der Waals surface area contributed by atoms with Crippen LogP contribution in [0.1, 0.15) is 11.1 Å². The van der Waals surface area contributed by atoms with Crippen molar-refractivity contribution in [3.8, 4) is 0 Å². The molecule has 0 aliphatic carbocycles. The maximum atomic E-state index is 12.1. The number of nitrogens with two attached hydrogens (primary N) is 1. The van der Waals surface area contributed by atoms with E-state index in [0.717, 1.165) is 11.1 Å². The van der Waals surface area contributed by atoms with Gasteiger partial charge in [-0.15, -0.1) is 0 Å². The van der Waals surface area contributed by atoms with Gasteiger partial charge in [-0.2, -0.15) is 8.42 Å². The maximum Gasteiger partial charge on any atom is 0.280 e. The van der Waals surface area contributed by atoms with Gasteiger partial charge < -0.3 is 10.3 Å². The largest absolute Gasteiger partial charge is 0.399 e. The van der Waals surface area contributed by atoms with Crippen LogP contribution in [-0.4, -0.2) is 18.0 Å². The third-order valence-electron chi connectivity index (χ3n) is 2.81. The zero-order chi connectivity index (χ0) is 14.2. The standard InChI is InChI=1S/C12H16N4O2S/c1-8-5-11(9(2)4-10(8)13)15-19(17,18)12-6-16(3)7-14-12/h4-7,15H,13H2,1-3H3. The summed E-state index contributed by atoms with van der Waals surface area (Å²) in [5.74, 6) is 0. The van der Waals surface area contributed by atoms with Crippen molar-refractivity contribution in [2.24, 2.45) is 7.05 Å². The summed E-state index contributed by atoms with van der Waals surface area (Å²) >= 11 is 0. The number of hydrogen-bond donors (Lipinski definition) is 2. The highest BCUT2D eigenvalue weighted by Gasteiger charge is 2.18. The Morgan fingerprint density at radius 3 is 2.53 bits per heavy atom. The second kappa shape index (κ2) is 4.58.